The minimum Gasteiger partial charge on any atom is -0.495 e. The maximum absolute atomic E-state index is 13.4. The van der Waals surface area contributed by atoms with Crippen LogP contribution in [0.5, 0.6) is 5.75 Å². The highest BCUT2D eigenvalue weighted by Gasteiger charge is 2.26. The van der Waals surface area contributed by atoms with Gasteiger partial charge >= 0.3 is 0 Å². The maximum atomic E-state index is 13.4. The summed E-state index contributed by atoms with van der Waals surface area (Å²) in [5.74, 6) is 0.554. The Balaban J connectivity index is 1.46. The molecule has 1 saturated heterocycles. The molecule has 0 unspecified atom stereocenters. The molecule has 1 fully saturated rings. The van der Waals surface area contributed by atoms with Gasteiger partial charge < -0.3 is 19.9 Å². The van der Waals surface area contributed by atoms with Gasteiger partial charge in [0.05, 0.1) is 23.4 Å². The smallest absolute Gasteiger partial charge is 0.254 e. The predicted octanol–water partition coefficient (Wildman–Crippen LogP) is 4.76. The summed E-state index contributed by atoms with van der Waals surface area (Å²) in [6, 6.07) is 20.2. The fraction of sp³-hybridized carbons (Fsp3) is 0.345. The molecule has 196 valence electrons. The fourth-order valence-corrected chi connectivity index (χ4v) is 5.90. The van der Waals surface area contributed by atoms with Crippen molar-refractivity contribution in [3.05, 3.63) is 83.4 Å². The molecule has 0 bridgehead atoms. The van der Waals surface area contributed by atoms with Gasteiger partial charge in [0, 0.05) is 44.0 Å². The summed E-state index contributed by atoms with van der Waals surface area (Å²) in [5.41, 5.74) is 3.89. The van der Waals surface area contributed by atoms with Gasteiger partial charge in [0.25, 0.3) is 5.91 Å². The molecule has 37 heavy (non-hydrogen) atoms. The van der Waals surface area contributed by atoms with Crippen molar-refractivity contribution in [2.24, 2.45) is 0 Å². The number of nitrogens with zero attached hydrogens (tertiary/aromatic N) is 2. The van der Waals surface area contributed by atoms with Gasteiger partial charge in [-0.1, -0.05) is 37.3 Å². The standard InChI is InChI=1S/C29H35N3O4S/c1-4-15-30-24-12-10-23(11-13-24)21-37(34,35)25-14-9-22(2)26(20-25)29(33)32-18-16-31(17-19-32)27-7-5-6-8-28(27)36-3/h5-14,20,30H,4,15-19,21H2,1-3H3. The van der Waals surface area contributed by atoms with Crippen LogP contribution in [-0.2, 0) is 15.6 Å². The summed E-state index contributed by atoms with van der Waals surface area (Å²) >= 11 is 0. The van der Waals surface area contributed by atoms with Crippen LogP contribution in [0.15, 0.2) is 71.6 Å². The van der Waals surface area contributed by atoms with Crippen molar-refractivity contribution in [3.63, 3.8) is 0 Å². The molecule has 1 N–H and O–H groups in total. The van der Waals surface area contributed by atoms with Crippen LogP contribution in [0.2, 0.25) is 0 Å². The number of para-hydroxylation sites is 2. The lowest BCUT2D eigenvalue weighted by atomic mass is 10.1. The summed E-state index contributed by atoms with van der Waals surface area (Å²) in [7, 11) is -1.96. The van der Waals surface area contributed by atoms with Crippen LogP contribution in [-0.4, -0.2) is 59.1 Å². The zero-order chi connectivity index (χ0) is 26.4. The first kappa shape index (κ1) is 26.5. The maximum Gasteiger partial charge on any atom is 0.254 e. The molecule has 1 amide bonds. The van der Waals surface area contributed by atoms with Crippen LogP contribution in [0.25, 0.3) is 0 Å². The third-order valence-corrected chi connectivity index (χ3v) is 8.37. The normalized spacial score (nSPS) is 13.9. The number of aryl methyl sites for hydroxylation is 1. The molecule has 1 heterocycles. The average molecular weight is 522 g/mol. The summed E-state index contributed by atoms with van der Waals surface area (Å²) in [5, 5.41) is 3.29. The number of piperazine rings is 1. The van der Waals surface area contributed by atoms with E-state index < -0.39 is 9.84 Å². The van der Waals surface area contributed by atoms with Gasteiger partial charge in [-0.25, -0.2) is 8.42 Å². The molecule has 0 aromatic heterocycles. The van der Waals surface area contributed by atoms with E-state index in [9.17, 15) is 13.2 Å². The van der Waals surface area contributed by atoms with Crippen molar-refractivity contribution in [1.82, 2.24) is 4.90 Å². The molecule has 0 radical (unpaired) electrons. The molecule has 3 aromatic rings. The van der Waals surface area contributed by atoms with Gasteiger partial charge in [0.1, 0.15) is 5.75 Å². The summed E-state index contributed by atoms with van der Waals surface area (Å²) in [6.45, 7) is 7.25. The molecule has 4 rings (SSSR count). The number of methoxy groups -OCH3 is 1. The second-order valence-corrected chi connectivity index (χ2v) is 11.3. The lowest BCUT2D eigenvalue weighted by molar-refractivity contribution is 0.0745. The second kappa shape index (κ2) is 11.7. The van der Waals surface area contributed by atoms with E-state index in [1.165, 1.54) is 6.07 Å². The first-order valence-corrected chi connectivity index (χ1v) is 14.3. The van der Waals surface area contributed by atoms with Gasteiger partial charge in [-0.3, -0.25) is 4.79 Å². The number of carbonyl (C=O) groups excluding carboxylic acids is 1. The molecular formula is C29H35N3O4S. The van der Waals surface area contributed by atoms with Crippen LogP contribution in [0, 0.1) is 6.92 Å². The average Bonchev–Trinajstić information content (AvgIpc) is 2.92. The Hall–Kier alpha value is -3.52. The third-order valence-electron chi connectivity index (χ3n) is 6.68. The van der Waals surface area contributed by atoms with Crippen LogP contribution in [0.4, 0.5) is 11.4 Å². The number of ether oxygens (including phenoxy) is 1. The van der Waals surface area contributed by atoms with Crippen LogP contribution < -0.4 is 15.0 Å². The molecule has 0 atom stereocenters. The van der Waals surface area contributed by atoms with Crippen molar-refractivity contribution in [1.29, 1.82) is 0 Å². The molecule has 8 heteroatoms. The second-order valence-electron chi connectivity index (χ2n) is 9.31. The lowest BCUT2D eigenvalue weighted by Gasteiger charge is -2.36. The largest absolute Gasteiger partial charge is 0.495 e. The van der Waals surface area contributed by atoms with Gasteiger partial charge in [-0.2, -0.15) is 0 Å². The van der Waals surface area contributed by atoms with E-state index in [-0.39, 0.29) is 16.6 Å². The lowest BCUT2D eigenvalue weighted by Crippen LogP contribution is -2.49. The SMILES string of the molecule is CCCNc1ccc(CS(=O)(=O)c2ccc(C)c(C(=O)N3CCN(c4ccccc4OC)CC3)c2)cc1. The molecule has 7 nitrogen and oxygen atoms in total. The number of hydrogen-bond donors (Lipinski definition) is 1. The fourth-order valence-electron chi connectivity index (χ4n) is 4.53. The number of amides is 1. The van der Waals surface area contributed by atoms with Crippen molar-refractivity contribution < 1.29 is 17.9 Å². The molecule has 0 spiro atoms. The summed E-state index contributed by atoms with van der Waals surface area (Å²) in [4.78, 5) is 17.6. The van der Waals surface area contributed by atoms with Crippen LogP contribution in [0.3, 0.4) is 0 Å². The number of hydrogen-bond acceptors (Lipinski definition) is 6. The van der Waals surface area contributed by atoms with Crippen molar-refractivity contribution in [2.45, 2.75) is 30.9 Å². The molecule has 0 aliphatic carbocycles. The van der Waals surface area contributed by atoms with E-state index in [1.807, 2.05) is 55.5 Å². The topological polar surface area (TPSA) is 79.0 Å². The number of nitrogens with one attached hydrogen (secondary N) is 1. The Bertz CT molecular complexity index is 1330. The highest BCUT2D eigenvalue weighted by molar-refractivity contribution is 7.90. The highest BCUT2D eigenvalue weighted by Crippen LogP contribution is 2.29. The molecular weight excluding hydrogens is 486 g/mol. The Morgan fingerprint density at radius 1 is 0.973 bits per heavy atom. The molecule has 0 saturated carbocycles. The molecule has 3 aromatic carbocycles. The van der Waals surface area contributed by atoms with Crippen molar-refractivity contribution in [2.75, 3.05) is 50.1 Å². The first-order valence-electron chi connectivity index (χ1n) is 12.7. The number of sulfone groups is 1. The highest BCUT2D eigenvalue weighted by atomic mass is 32.2. The van der Waals surface area contributed by atoms with Crippen LogP contribution in [0.1, 0.15) is 34.8 Å². The minimum absolute atomic E-state index is 0.116. The van der Waals surface area contributed by atoms with Gasteiger partial charge in [-0.05, 0) is 60.9 Å². The molecule has 1 aliphatic heterocycles. The van der Waals surface area contributed by atoms with E-state index in [4.69, 9.17) is 4.74 Å². The van der Waals surface area contributed by atoms with E-state index in [2.05, 4.69) is 17.1 Å². The zero-order valence-electron chi connectivity index (χ0n) is 21.7. The van der Waals surface area contributed by atoms with Crippen molar-refractivity contribution >= 4 is 27.1 Å². The Kier molecular flexibility index (Phi) is 8.38. The Morgan fingerprint density at radius 2 is 1.68 bits per heavy atom. The monoisotopic (exact) mass is 521 g/mol. The van der Waals surface area contributed by atoms with Gasteiger partial charge in [-0.15, -0.1) is 0 Å². The van der Waals surface area contributed by atoms with Gasteiger partial charge in [0.2, 0.25) is 0 Å². The minimum atomic E-state index is -3.61. The van der Waals surface area contributed by atoms with E-state index in [0.717, 1.165) is 35.7 Å². The van der Waals surface area contributed by atoms with Crippen molar-refractivity contribution in [3.8, 4) is 5.75 Å². The van der Waals surface area contributed by atoms with E-state index in [0.29, 0.717) is 37.3 Å². The number of anilines is 2. The first-order chi connectivity index (χ1) is 17.8. The number of benzene rings is 3. The summed E-state index contributed by atoms with van der Waals surface area (Å²) in [6.07, 6.45) is 1.02. The van der Waals surface area contributed by atoms with Gasteiger partial charge in [0.15, 0.2) is 9.84 Å². The molecule has 1 aliphatic rings. The van der Waals surface area contributed by atoms with Crippen LogP contribution >= 0.6 is 0 Å². The Morgan fingerprint density at radius 3 is 2.35 bits per heavy atom. The number of carbonyl (C=O) groups is 1. The Labute approximate surface area is 220 Å². The zero-order valence-corrected chi connectivity index (χ0v) is 22.6. The summed E-state index contributed by atoms with van der Waals surface area (Å²) < 4.78 is 31.9. The quantitative estimate of drug-likeness (QED) is 0.437. The van der Waals surface area contributed by atoms with E-state index in [1.54, 1.807) is 24.1 Å². The van der Waals surface area contributed by atoms with E-state index >= 15 is 0 Å². The predicted molar refractivity (Wildman–Crippen MR) is 148 cm³/mol. The number of rotatable bonds is 9. The third kappa shape index (κ3) is 6.25.